The van der Waals surface area contributed by atoms with Crippen molar-refractivity contribution in [1.82, 2.24) is 10.2 Å². The molecule has 1 saturated heterocycles. The molecule has 0 saturated carbocycles. The molecule has 0 aromatic heterocycles. The molecule has 3 rings (SSSR count). The highest BCUT2D eigenvalue weighted by molar-refractivity contribution is 6.09. The molecule has 0 atom stereocenters. The van der Waals surface area contributed by atoms with E-state index in [1.807, 2.05) is 6.07 Å². The van der Waals surface area contributed by atoms with Crippen LogP contribution in [0.4, 0.5) is 4.79 Å². The van der Waals surface area contributed by atoms with Crippen LogP contribution in [0, 0.1) is 0 Å². The van der Waals surface area contributed by atoms with Gasteiger partial charge in [0.05, 0.1) is 0 Å². The van der Waals surface area contributed by atoms with Gasteiger partial charge in [-0.15, -0.1) is 0 Å². The SMILES string of the molecule is O=C(COc1ccc(C(=O)c2ccccc2)cc1)OCC(=O)N1CCNC1=O. The van der Waals surface area contributed by atoms with Gasteiger partial charge in [-0.2, -0.15) is 0 Å². The third-order valence-corrected chi connectivity index (χ3v) is 4.02. The third kappa shape index (κ3) is 4.73. The van der Waals surface area contributed by atoms with Gasteiger partial charge in [-0.25, -0.2) is 9.59 Å². The van der Waals surface area contributed by atoms with Gasteiger partial charge in [-0.05, 0) is 24.3 Å². The highest BCUT2D eigenvalue weighted by Crippen LogP contribution is 2.15. The van der Waals surface area contributed by atoms with Gasteiger partial charge in [0.1, 0.15) is 5.75 Å². The Labute approximate surface area is 161 Å². The predicted octanol–water partition coefficient (Wildman–Crippen LogP) is 1.39. The molecule has 0 bridgehead atoms. The van der Waals surface area contributed by atoms with Crippen LogP contribution in [-0.4, -0.2) is 54.9 Å². The van der Waals surface area contributed by atoms with E-state index >= 15 is 0 Å². The fourth-order valence-electron chi connectivity index (χ4n) is 2.57. The highest BCUT2D eigenvalue weighted by atomic mass is 16.6. The largest absolute Gasteiger partial charge is 0.482 e. The van der Waals surface area contributed by atoms with Crippen molar-refractivity contribution in [3.63, 3.8) is 0 Å². The minimum Gasteiger partial charge on any atom is -0.482 e. The number of hydrogen-bond donors (Lipinski definition) is 1. The first kappa shape index (κ1) is 19.1. The van der Waals surface area contributed by atoms with Crippen molar-refractivity contribution in [2.24, 2.45) is 0 Å². The lowest BCUT2D eigenvalue weighted by atomic mass is 10.0. The number of rotatable bonds is 7. The van der Waals surface area contributed by atoms with Crippen molar-refractivity contribution >= 4 is 23.7 Å². The number of nitrogens with zero attached hydrogens (tertiary/aromatic N) is 1. The number of esters is 1. The Morgan fingerprint density at radius 2 is 1.61 bits per heavy atom. The summed E-state index contributed by atoms with van der Waals surface area (Å²) in [7, 11) is 0. The van der Waals surface area contributed by atoms with E-state index < -0.39 is 31.1 Å². The highest BCUT2D eigenvalue weighted by Gasteiger charge is 2.26. The first-order chi connectivity index (χ1) is 13.5. The average molecular weight is 382 g/mol. The number of nitrogens with one attached hydrogen (secondary N) is 1. The molecule has 3 amide bonds. The number of benzene rings is 2. The van der Waals surface area contributed by atoms with Crippen molar-refractivity contribution < 1.29 is 28.7 Å². The zero-order valence-corrected chi connectivity index (χ0v) is 14.9. The molecule has 0 unspecified atom stereocenters. The predicted molar refractivity (Wildman–Crippen MR) is 97.9 cm³/mol. The lowest BCUT2D eigenvalue weighted by Crippen LogP contribution is -2.37. The second kappa shape index (κ2) is 8.81. The van der Waals surface area contributed by atoms with E-state index in [0.29, 0.717) is 23.4 Å². The van der Waals surface area contributed by atoms with Crippen LogP contribution < -0.4 is 10.1 Å². The molecule has 1 heterocycles. The van der Waals surface area contributed by atoms with Gasteiger partial charge in [0.2, 0.25) is 0 Å². The van der Waals surface area contributed by atoms with Gasteiger partial charge in [0, 0.05) is 24.2 Å². The number of carbonyl (C=O) groups excluding carboxylic acids is 4. The fraction of sp³-hybridized carbons (Fsp3) is 0.200. The zero-order chi connectivity index (χ0) is 19.9. The van der Waals surface area contributed by atoms with E-state index in [1.165, 1.54) is 0 Å². The first-order valence-electron chi connectivity index (χ1n) is 8.61. The maximum absolute atomic E-state index is 12.3. The Bertz CT molecular complexity index is 879. The molecular weight excluding hydrogens is 364 g/mol. The Morgan fingerprint density at radius 1 is 0.929 bits per heavy atom. The summed E-state index contributed by atoms with van der Waals surface area (Å²) in [5.74, 6) is -1.06. The molecule has 0 aliphatic carbocycles. The molecule has 1 N–H and O–H groups in total. The molecule has 0 spiro atoms. The summed E-state index contributed by atoms with van der Waals surface area (Å²) in [5.41, 5.74) is 1.08. The molecule has 8 heteroatoms. The second-order valence-electron chi connectivity index (χ2n) is 5.95. The number of imide groups is 1. The van der Waals surface area contributed by atoms with Crippen molar-refractivity contribution in [3.05, 3.63) is 65.7 Å². The standard InChI is InChI=1S/C20H18N2O6/c23-17(22-11-10-21-20(22)26)12-28-18(24)13-27-16-8-6-15(7-9-16)19(25)14-4-2-1-3-5-14/h1-9H,10-13H2,(H,21,26). The monoisotopic (exact) mass is 382 g/mol. The van der Waals surface area contributed by atoms with E-state index in [0.717, 1.165) is 4.90 Å². The van der Waals surface area contributed by atoms with Crippen LogP contribution in [0.25, 0.3) is 0 Å². The first-order valence-corrected chi connectivity index (χ1v) is 8.61. The van der Waals surface area contributed by atoms with Crippen molar-refractivity contribution in [1.29, 1.82) is 0 Å². The van der Waals surface area contributed by atoms with E-state index in [9.17, 15) is 19.2 Å². The Balaban J connectivity index is 1.45. The minimum absolute atomic E-state index is 0.115. The molecule has 28 heavy (non-hydrogen) atoms. The lowest BCUT2D eigenvalue weighted by Gasteiger charge is -2.12. The smallest absolute Gasteiger partial charge is 0.344 e. The van der Waals surface area contributed by atoms with Gasteiger partial charge in [-0.1, -0.05) is 30.3 Å². The molecule has 2 aromatic carbocycles. The molecule has 0 radical (unpaired) electrons. The topological polar surface area (TPSA) is 102 Å². The number of hydrogen-bond acceptors (Lipinski definition) is 6. The van der Waals surface area contributed by atoms with Gasteiger partial charge < -0.3 is 14.8 Å². The van der Waals surface area contributed by atoms with E-state index in [-0.39, 0.29) is 12.3 Å². The van der Waals surface area contributed by atoms with Crippen molar-refractivity contribution in [3.8, 4) is 5.75 Å². The lowest BCUT2D eigenvalue weighted by molar-refractivity contribution is -0.152. The zero-order valence-electron chi connectivity index (χ0n) is 14.9. The van der Waals surface area contributed by atoms with Gasteiger partial charge in [0.15, 0.2) is 19.0 Å². The molecular formula is C20H18N2O6. The summed E-state index contributed by atoms with van der Waals surface area (Å²) in [4.78, 5) is 48.1. The molecule has 1 fully saturated rings. The molecule has 1 aliphatic rings. The van der Waals surface area contributed by atoms with Gasteiger partial charge in [0.25, 0.3) is 5.91 Å². The number of ether oxygens (including phenoxy) is 2. The van der Waals surface area contributed by atoms with Gasteiger partial charge in [-0.3, -0.25) is 14.5 Å². The fourth-order valence-corrected chi connectivity index (χ4v) is 2.57. The Hall–Kier alpha value is -3.68. The Kier molecular flexibility index (Phi) is 6.01. The number of ketones is 1. The van der Waals surface area contributed by atoms with Crippen LogP contribution in [0.3, 0.4) is 0 Å². The molecule has 1 aliphatic heterocycles. The molecule has 144 valence electrons. The van der Waals surface area contributed by atoms with Crippen LogP contribution in [0.5, 0.6) is 5.75 Å². The van der Waals surface area contributed by atoms with Crippen LogP contribution >= 0.6 is 0 Å². The van der Waals surface area contributed by atoms with E-state index in [2.05, 4.69) is 5.32 Å². The summed E-state index contributed by atoms with van der Waals surface area (Å²) in [6, 6.07) is 14.7. The maximum atomic E-state index is 12.3. The van der Waals surface area contributed by atoms with Crippen LogP contribution in [0.1, 0.15) is 15.9 Å². The summed E-state index contributed by atoms with van der Waals surface area (Å²) in [5, 5.41) is 2.48. The normalized spacial score (nSPS) is 13.0. The van der Waals surface area contributed by atoms with Crippen LogP contribution in [-0.2, 0) is 14.3 Å². The van der Waals surface area contributed by atoms with Crippen LogP contribution in [0.15, 0.2) is 54.6 Å². The quantitative estimate of drug-likeness (QED) is 0.574. The van der Waals surface area contributed by atoms with Gasteiger partial charge >= 0.3 is 12.0 Å². The minimum atomic E-state index is -0.739. The third-order valence-electron chi connectivity index (χ3n) is 4.02. The number of carbonyl (C=O) groups is 4. The number of urea groups is 1. The van der Waals surface area contributed by atoms with Crippen molar-refractivity contribution in [2.75, 3.05) is 26.3 Å². The Morgan fingerprint density at radius 3 is 2.25 bits per heavy atom. The molecule has 2 aromatic rings. The average Bonchev–Trinajstić information content (AvgIpc) is 3.17. The van der Waals surface area contributed by atoms with Crippen LogP contribution in [0.2, 0.25) is 0 Å². The summed E-state index contributed by atoms with van der Waals surface area (Å²) >= 11 is 0. The summed E-state index contributed by atoms with van der Waals surface area (Å²) in [6.07, 6.45) is 0. The summed E-state index contributed by atoms with van der Waals surface area (Å²) < 4.78 is 10.1. The molecule has 8 nitrogen and oxygen atoms in total. The van der Waals surface area contributed by atoms with Crippen molar-refractivity contribution in [2.45, 2.75) is 0 Å². The number of amides is 3. The van der Waals surface area contributed by atoms with E-state index in [4.69, 9.17) is 9.47 Å². The van der Waals surface area contributed by atoms with E-state index in [1.54, 1.807) is 48.5 Å². The second-order valence-corrected chi connectivity index (χ2v) is 5.95. The maximum Gasteiger partial charge on any atom is 0.344 e. The summed E-state index contributed by atoms with van der Waals surface area (Å²) in [6.45, 7) is -0.296.